The van der Waals surface area contributed by atoms with Crippen molar-refractivity contribution in [1.29, 1.82) is 0 Å². The summed E-state index contributed by atoms with van der Waals surface area (Å²) >= 11 is 0. The number of pyridine rings is 1. The smallest absolute Gasteiger partial charge is 0.310 e. The summed E-state index contributed by atoms with van der Waals surface area (Å²) in [6.07, 6.45) is 24.6. The molecule has 0 radical (unpaired) electrons. The number of aromatic nitrogens is 1. The zero-order valence-electron chi connectivity index (χ0n) is 36.9. The fourth-order valence-electron chi connectivity index (χ4n) is 15.8. The van der Waals surface area contributed by atoms with Crippen LogP contribution < -0.4 is 10.1 Å². The summed E-state index contributed by atoms with van der Waals surface area (Å²) in [6.45, 7) is 32.8. The molecule has 0 amide bonds. The summed E-state index contributed by atoms with van der Waals surface area (Å²) in [5.74, 6) is 2.90. The third-order valence-corrected chi connectivity index (χ3v) is 19.1. The fraction of sp³-hybridized carbons (Fsp3) is 0.745. The summed E-state index contributed by atoms with van der Waals surface area (Å²) < 4.78 is 5.89. The van der Waals surface area contributed by atoms with Gasteiger partial charge in [-0.15, -0.1) is 0 Å². The number of aliphatic carboxylic acids is 1. The minimum Gasteiger partial charge on any atom is -0.486 e. The van der Waals surface area contributed by atoms with E-state index in [0.717, 1.165) is 25.3 Å². The maximum atomic E-state index is 12.8. The number of piperidine rings is 1. The average Bonchev–Trinajstić information content (AvgIpc) is 3.59. The minimum atomic E-state index is -0.867. The Balaban J connectivity index is 0.999. The number of carboxylic acids is 1. The van der Waals surface area contributed by atoms with Crippen molar-refractivity contribution in [3.05, 3.63) is 65.2 Å². The molecule has 58 heavy (non-hydrogen) atoms. The van der Waals surface area contributed by atoms with Crippen LogP contribution in [0.25, 0.3) is 4.85 Å². The van der Waals surface area contributed by atoms with Crippen molar-refractivity contribution in [3.8, 4) is 5.88 Å². The molecule has 7 nitrogen and oxygen atoms in total. The summed E-state index contributed by atoms with van der Waals surface area (Å²) in [7, 11) is 0. The van der Waals surface area contributed by atoms with Crippen LogP contribution in [-0.4, -0.2) is 59.3 Å². The first-order valence-electron chi connectivity index (χ1n) is 23.4. The predicted molar refractivity (Wildman–Crippen MR) is 234 cm³/mol. The normalized spacial score (nSPS) is 40.7. The zero-order valence-corrected chi connectivity index (χ0v) is 36.9. The van der Waals surface area contributed by atoms with Crippen molar-refractivity contribution >= 4 is 11.7 Å². The second-order valence-electron chi connectivity index (χ2n) is 21.8. The number of nitrogens with zero attached hydrogens (tertiary/aromatic N) is 3. The standard InChI is InChI=1S/C51H74N4O3/c1-35(2)37-18-25-51(54-30-33-55-31-10-9-11-32-55)27-26-48(6)39(43(37)51)14-15-42-47(5)21-19-38(46(3,4)41(47)20-22-49(42,48)7)36-16-23-50(24-17-36,45(56)57)28-34-58-44-40(52-8)13-12-29-53-44/h12-13,16,19,29,37,39,41-43,54H,1,9-11,14-15,17-18,20-28,30-34H2,2-7H3,(H,56,57)/t37-,39+,41-,42+,43+,47-,48+,49+,50?,51-/m0/s1. The number of rotatable bonds is 11. The van der Waals surface area contributed by atoms with Gasteiger partial charge in [0.25, 0.3) is 0 Å². The molecule has 316 valence electrons. The summed E-state index contributed by atoms with van der Waals surface area (Å²) in [5.41, 5.74) is 4.93. The molecule has 10 atom stereocenters. The monoisotopic (exact) mass is 791 g/mol. The lowest BCUT2D eigenvalue weighted by Crippen LogP contribution is -2.68. The number of nitrogens with one attached hydrogen (secondary N) is 1. The number of carbonyl (C=O) groups is 1. The van der Waals surface area contributed by atoms with Crippen LogP contribution >= 0.6 is 0 Å². The van der Waals surface area contributed by atoms with Gasteiger partial charge in [0.05, 0.1) is 18.6 Å². The molecule has 5 fully saturated rings. The van der Waals surface area contributed by atoms with Crippen LogP contribution in [0.2, 0.25) is 0 Å². The van der Waals surface area contributed by atoms with Crippen LogP contribution in [0, 0.1) is 63.2 Å². The van der Waals surface area contributed by atoms with Gasteiger partial charge in [0.2, 0.25) is 11.6 Å². The topological polar surface area (TPSA) is 79.0 Å². The SMILES string of the molecule is [C-]#[N+]c1cccnc1OCCC1(C(=O)O)CC=C(C2=CC[C@]3(C)[C@H]4CC[C@@H]5[C@H]6[C@H](C(=C)C)CC[C@]6(NCCN6CCCCC6)CC[C@@]5(C)[C@]4(C)CC[C@H]3C2(C)C)CC1. The molecule has 1 unspecified atom stereocenters. The molecule has 0 spiro atoms. The number of ether oxygens (including phenoxy) is 1. The molecule has 7 aliphatic rings. The molecule has 2 heterocycles. The van der Waals surface area contributed by atoms with Crippen molar-refractivity contribution in [2.75, 3.05) is 32.8 Å². The van der Waals surface area contributed by atoms with Crippen LogP contribution in [0.1, 0.15) is 144 Å². The molecule has 8 rings (SSSR count). The van der Waals surface area contributed by atoms with E-state index in [-0.39, 0.29) is 28.9 Å². The number of hydrogen-bond acceptors (Lipinski definition) is 5. The third kappa shape index (κ3) is 6.65. The van der Waals surface area contributed by atoms with E-state index >= 15 is 0 Å². The second-order valence-corrected chi connectivity index (χ2v) is 21.8. The van der Waals surface area contributed by atoms with Gasteiger partial charge in [0, 0.05) is 24.8 Å². The Kier molecular flexibility index (Phi) is 11.2. The van der Waals surface area contributed by atoms with Crippen LogP contribution in [-0.2, 0) is 4.79 Å². The van der Waals surface area contributed by atoms with Gasteiger partial charge in [-0.1, -0.05) is 71.4 Å². The van der Waals surface area contributed by atoms with Gasteiger partial charge in [0.1, 0.15) is 0 Å². The number of hydrogen-bond donors (Lipinski definition) is 2. The van der Waals surface area contributed by atoms with Crippen molar-refractivity contribution in [3.63, 3.8) is 0 Å². The molecule has 7 heteroatoms. The Morgan fingerprint density at radius 1 is 0.983 bits per heavy atom. The Morgan fingerprint density at radius 2 is 1.78 bits per heavy atom. The van der Waals surface area contributed by atoms with Crippen molar-refractivity contribution < 1.29 is 14.6 Å². The van der Waals surface area contributed by atoms with Crippen molar-refractivity contribution in [1.82, 2.24) is 15.2 Å². The van der Waals surface area contributed by atoms with Gasteiger partial charge in [-0.25, -0.2) is 9.83 Å². The van der Waals surface area contributed by atoms with E-state index in [1.165, 1.54) is 107 Å². The minimum absolute atomic E-state index is 0.0237. The van der Waals surface area contributed by atoms with Crippen molar-refractivity contribution in [2.24, 2.45) is 56.7 Å². The van der Waals surface area contributed by atoms with Gasteiger partial charge in [-0.3, -0.25) is 4.79 Å². The van der Waals surface area contributed by atoms with E-state index < -0.39 is 11.4 Å². The highest BCUT2D eigenvalue weighted by molar-refractivity contribution is 5.75. The van der Waals surface area contributed by atoms with Gasteiger partial charge in [-0.05, 0) is 185 Å². The molecule has 0 bridgehead atoms. The maximum Gasteiger partial charge on any atom is 0.310 e. The summed E-state index contributed by atoms with van der Waals surface area (Å²) in [5, 5.41) is 14.9. The van der Waals surface area contributed by atoms with Crippen LogP contribution in [0.15, 0.2) is 53.8 Å². The Labute approximate surface area is 350 Å². The van der Waals surface area contributed by atoms with E-state index in [4.69, 9.17) is 11.3 Å². The van der Waals surface area contributed by atoms with Crippen LogP contribution in [0.3, 0.4) is 0 Å². The Morgan fingerprint density at radius 3 is 2.48 bits per heavy atom. The van der Waals surface area contributed by atoms with Crippen LogP contribution in [0.4, 0.5) is 5.69 Å². The lowest BCUT2D eigenvalue weighted by Gasteiger charge is -2.72. The predicted octanol–water partition coefficient (Wildman–Crippen LogP) is 11.6. The molecule has 1 saturated heterocycles. The van der Waals surface area contributed by atoms with Crippen molar-refractivity contribution in [2.45, 2.75) is 150 Å². The van der Waals surface area contributed by atoms with Gasteiger partial charge < -0.3 is 20.1 Å². The third-order valence-electron chi connectivity index (χ3n) is 19.1. The summed E-state index contributed by atoms with van der Waals surface area (Å²) in [4.78, 5) is 23.3. The highest BCUT2D eigenvalue weighted by Gasteiger charge is 2.70. The van der Waals surface area contributed by atoms with E-state index in [9.17, 15) is 9.90 Å². The quantitative estimate of drug-likeness (QED) is 0.172. The van der Waals surface area contributed by atoms with Crippen LogP contribution in [0.5, 0.6) is 5.88 Å². The lowest BCUT2D eigenvalue weighted by molar-refractivity contribution is -0.221. The second kappa shape index (κ2) is 15.5. The average molecular weight is 791 g/mol. The lowest BCUT2D eigenvalue weighted by atomic mass is 9.33. The molecule has 1 aromatic heterocycles. The number of carboxylic acid groups (broad SMARTS) is 1. The highest BCUT2D eigenvalue weighted by Crippen LogP contribution is 2.76. The Hall–Kier alpha value is -2.95. The number of allylic oxidation sites excluding steroid dienone is 5. The van der Waals surface area contributed by atoms with Gasteiger partial charge >= 0.3 is 5.97 Å². The first-order chi connectivity index (χ1) is 27.6. The molecule has 1 aromatic rings. The van der Waals surface area contributed by atoms with E-state index in [1.54, 1.807) is 18.3 Å². The Bertz CT molecular complexity index is 1850. The number of fused-ring (bicyclic) bond motifs is 7. The first kappa shape index (κ1) is 41.8. The molecule has 0 aromatic carbocycles. The van der Waals surface area contributed by atoms with Gasteiger partial charge in [0.15, 0.2) is 0 Å². The molecule has 1 aliphatic heterocycles. The van der Waals surface area contributed by atoms with E-state index in [1.807, 2.05) is 0 Å². The number of likely N-dealkylation sites (tertiary alicyclic amines) is 1. The first-order valence-corrected chi connectivity index (χ1v) is 23.4. The molecular weight excluding hydrogens is 717 g/mol. The molecule has 2 N–H and O–H groups in total. The van der Waals surface area contributed by atoms with Gasteiger partial charge in [-0.2, -0.15) is 0 Å². The van der Waals surface area contributed by atoms with E-state index in [2.05, 4.69) is 80.3 Å². The molecule has 6 aliphatic carbocycles. The maximum absolute atomic E-state index is 12.8. The largest absolute Gasteiger partial charge is 0.486 e. The summed E-state index contributed by atoms with van der Waals surface area (Å²) in [6, 6.07) is 3.41. The molecule has 4 saturated carbocycles. The highest BCUT2D eigenvalue weighted by atomic mass is 16.5. The van der Waals surface area contributed by atoms with E-state index in [0.29, 0.717) is 59.5 Å². The zero-order chi connectivity index (χ0) is 41.1. The fourth-order valence-corrected chi connectivity index (χ4v) is 15.8. The molecular formula is C51H74N4O3.